The maximum atomic E-state index is 9.49. The first-order chi connectivity index (χ1) is 6.56. The summed E-state index contributed by atoms with van der Waals surface area (Å²) >= 11 is 6.03. The number of aliphatic hydroxyl groups excluding tert-OH is 1. The zero-order valence-corrected chi connectivity index (χ0v) is 9.12. The van der Waals surface area contributed by atoms with E-state index in [1.807, 2.05) is 31.1 Å². The van der Waals surface area contributed by atoms with Gasteiger partial charge in [0.1, 0.15) is 0 Å². The molecule has 0 saturated heterocycles. The topological polar surface area (TPSA) is 49.5 Å². The fourth-order valence-electron chi connectivity index (χ4n) is 1.23. The van der Waals surface area contributed by atoms with Crippen LogP contribution >= 0.6 is 11.6 Å². The molecule has 0 bridgehead atoms. The lowest BCUT2D eigenvalue weighted by atomic mass is 10.1. The van der Waals surface area contributed by atoms with Crippen LogP contribution in [0.25, 0.3) is 0 Å². The molecule has 14 heavy (non-hydrogen) atoms. The molecule has 1 unspecified atom stereocenters. The van der Waals surface area contributed by atoms with Crippen molar-refractivity contribution in [3.63, 3.8) is 0 Å². The molecule has 0 radical (unpaired) electrons. The molecule has 0 amide bonds. The standard InChI is InChI=1S/C10H15ClN2O/c1-13(2)9-4-3-7(5-8(9)11)10(14)6-12/h3-5,10,14H,6,12H2,1-2H3. The summed E-state index contributed by atoms with van der Waals surface area (Å²) in [5, 5.41) is 10.1. The SMILES string of the molecule is CN(C)c1ccc(C(O)CN)cc1Cl. The molecular formula is C10H15ClN2O. The van der Waals surface area contributed by atoms with Crippen LogP contribution in [0.1, 0.15) is 11.7 Å². The predicted octanol–water partition coefficient (Wildman–Crippen LogP) is 1.40. The number of nitrogens with two attached hydrogens (primary N) is 1. The molecule has 1 aromatic carbocycles. The Morgan fingerprint density at radius 3 is 2.57 bits per heavy atom. The van der Waals surface area contributed by atoms with Crippen LogP contribution in [0.15, 0.2) is 18.2 Å². The van der Waals surface area contributed by atoms with Gasteiger partial charge in [-0.1, -0.05) is 17.7 Å². The molecule has 1 aromatic rings. The molecular weight excluding hydrogens is 200 g/mol. The van der Waals surface area contributed by atoms with E-state index < -0.39 is 6.10 Å². The third-order valence-electron chi connectivity index (χ3n) is 2.06. The summed E-state index contributed by atoms with van der Waals surface area (Å²) in [5.41, 5.74) is 7.03. The molecule has 0 aromatic heterocycles. The van der Waals surface area contributed by atoms with Crippen molar-refractivity contribution in [1.82, 2.24) is 0 Å². The third-order valence-corrected chi connectivity index (χ3v) is 2.36. The van der Waals surface area contributed by atoms with Gasteiger partial charge in [-0.15, -0.1) is 0 Å². The van der Waals surface area contributed by atoms with Gasteiger partial charge in [0.25, 0.3) is 0 Å². The number of benzene rings is 1. The van der Waals surface area contributed by atoms with Gasteiger partial charge >= 0.3 is 0 Å². The second-order valence-corrected chi connectivity index (χ2v) is 3.76. The maximum absolute atomic E-state index is 9.49. The number of hydrogen-bond donors (Lipinski definition) is 2. The Morgan fingerprint density at radius 2 is 2.14 bits per heavy atom. The Labute approximate surface area is 89.1 Å². The first-order valence-electron chi connectivity index (χ1n) is 4.41. The Kier molecular flexibility index (Phi) is 3.75. The zero-order chi connectivity index (χ0) is 10.7. The lowest BCUT2D eigenvalue weighted by Gasteiger charge is -2.16. The fraction of sp³-hybridized carbons (Fsp3) is 0.400. The summed E-state index contributed by atoms with van der Waals surface area (Å²) < 4.78 is 0. The first kappa shape index (κ1) is 11.3. The zero-order valence-electron chi connectivity index (χ0n) is 8.37. The summed E-state index contributed by atoms with van der Waals surface area (Å²) in [6, 6.07) is 5.45. The van der Waals surface area contributed by atoms with E-state index in [9.17, 15) is 5.11 Å². The molecule has 1 atom stereocenters. The lowest BCUT2D eigenvalue weighted by molar-refractivity contribution is 0.187. The van der Waals surface area contributed by atoms with Crippen molar-refractivity contribution in [3.8, 4) is 0 Å². The fourth-order valence-corrected chi connectivity index (χ4v) is 1.59. The highest BCUT2D eigenvalue weighted by molar-refractivity contribution is 6.33. The highest BCUT2D eigenvalue weighted by Gasteiger charge is 2.08. The van der Waals surface area contributed by atoms with Gasteiger partial charge < -0.3 is 15.7 Å². The second-order valence-electron chi connectivity index (χ2n) is 3.36. The molecule has 0 aliphatic rings. The van der Waals surface area contributed by atoms with Gasteiger partial charge in [0.05, 0.1) is 16.8 Å². The van der Waals surface area contributed by atoms with Crippen LogP contribution in [0.3, 0.4) is 0 Å². The van der Waals surface area contributed by atoms with E-state index in [4.69, 9.17) is 17.3 Å². The van der Waals surface area contributed by atoms with Crippen LogP contribution in [0.4, 0.5) is 5.69 Å². The van der Waals surface area contributed by atoms with E-state index in [0.717, 1.165) is 11.3 Å². The Morgan fingerprint density at radius 1 is 1.50 bits per heavy atom. The van der Waals surface area contributed by atoms with Gasteiger partial charge in [0, 0.05) is 20.6 Å². The van der Waals surface area contributed by atoms with Gasteiger partial charge in [-0.3, -0.25) is 0 Å². The normalized spacial score (nSPS) is 12.6. The van der Waals surface area contributed by atoms with Crippen LogP contribution < -0.4 is 10.6 Å². The van der Waals surface area contributed by atoms with Crippen molar-refractivity contribution in [2.75, 3.05) is 25.5 Å². The molecule has 0 fully saturated rings. The molecule has 78 valence electrons. The molecule has 4 heteroatoms. The van der Waals surface area contributed by atoms with Crippen molar-refractivity contribution < 1.29 is 5.11 Å². The Bertz CT molecular complexity index is 315. The van der Waals surface area contributed by atoms with E-state index in [1.165, 1.54) is 0 Å². The monoisotopic (exact) mass is 214 g/mol. The number of aliphatic hydroxyl groups is 1. The van der Waals surface area contributed by atoms with Crippen molar-refractivity contribution in [1.29, 1.82) is 0 Å². The Hall–Kier alpha value is -0.770. The van der Waals surface area contributed by atoms with Crippen molar-refractivity contribution in [3.05, 3.63) is 28.8 Å². The van der Waals surface area contributed by atoms with E-state index >= 15 is 0 Å². The van der Waals surface area contributed by atoms with Crippen LogP contribution in [0.2, 0.25) is 5.02 Å². The van der Waals surface area contributed by atoms with E-state index in [1.54, 1.807) is 6.07 Å². The molecule has 1 rings (SSSR count). The lowest BCUT2D eigenvalue weighted by Crippen LogP contribution is -2.13. The maximum Gasteiger partial charge on any atom is 0.0912 e. The molecule has 3 N–H and O–H groups in total. The summed E-state index contributed by atoms with van der Waals surface area (Å²) in [5.74, 6) is 0. The minimum atomic E-state index is -0.635. The smallest absolute Gasteiger partial charge is 0.0912 e. The Balaban J connectivity index is 3.00. The number of halogens is 1. The first-order valence-corrected chi connectivity index (χ1v) is 4.79. The van der Waals surface area contributed by atoms with Gasteiger partial charge in [-0.2, -0.15) is 0 Å². The van der Waals surface area contributed by atoms with Crippen molar-refractivity contribution >= 4 is 17.3 Å². The van der Waals surface area contributed by atoms with Crippen LogP contribution in [-0.4, -0.2) is 25.7 Å². The average molecular weight is 215 g/mol. The number of hydrogen-bond acceptors (Lipinski definition) is 3. The van der Waals surface area contributed by atoms with E-state index in [-0.39, 0.29) is 6.54 Å². The summed E-state index contributed by atoms with van der Waals surface area (Å²) in [7, 11) is 3.83. The molecule has 3 nitrogen and oxygen atoms in total. The van der Waals surface area contributed by atoms with Gasteiger partial charge in [0.15, 0.2) is 0 Å². The molecule has 0 aliphatic carbocycles. The quantitative estimate of drug-likeness (QED) is 0.800. The largest absolute Gasteiger partial charge is 0.387 e. The summed E-state index contributed by atoms with van der Waals surface area (Å²) in [6.07, 6.45) is -0.635. The third kappa shape index (κ3) is 2.38. The van der Waals surface area contributed by atoms with E-state index in [2.05, 4.69) is 0 Å². The second kappa shape index (κ2) is 4.64. The molecule has 0 aliphatic heterocycles. The summed E-state index contributed by atoms with van der Waals surface area (Å²) in [4.78, 5) is 1.92. The van der Waals surface area contributed by atoms with Crippen molar-refractivity contribution in [2.45, 2.75) is 6.10 Å². The van der Waals surface area contributed by atoms with Gasteiger partial charge in [0.2, 0.25) is 0 Å². The highest BCUT2D eigenvalue weighted by Crippen LogP contribution is 2.27. The van der Waals surface area contributed by atoms with Crippen LogP contribution in [-0.2, 0) is 0 Å². The van der Waals surface area contributed by atoms with Crippen LogP contribution in [0.5, 0.6) is 0 Å². The molecule has 0 saturated carbocycles. The highest BCUT2D eigenvalue weighted by atomic mass is 35.5. The van der Waals surface area contributed by atoms with Crippen LogP contribution in [0, 0.1) is 0 Å². The minimum Gasteiger partial charge on any atom is -0.387 e. The molecule has 0 heterocycles. The van der Waals surface area contributed by atoms with Crippen molar-refractivity contribution in [2.24, 2.45) is 5.73 Å². The molecule has 0 spiro atoms. The van der Waals surface area contributed by atoms with E-state index in [0.29, 0.717) is 5.02 Å². The predicted molar refractivity (Wildman–Crippen MR) is 59.8 cm³/mol. The van der Waals surface area contributed by atoms with Gasteiger partial charge in [-0.05, 0) is 17.7 Å². The summed E-state index contributed by atoms with van der Waals surface area (Å²) in [6.45, 7) is 0.206. The number of anilines is 1. The minimum absolute atomic E-state index is 0.206. The number of rotatable bonds is 3. The van der Waals surface area contributed by atoms with Gasteiger partial charge in [-0.25, -0.2) is 0 Å². The number of nitrogens with zero attached hydrogens (tertiary/aromatic N) is 1. The average Bonchev–Trinajstić information content (AvgIpc) is 2.15.